The van der Waals surface area contributed by atoms with Gasteiger partial charge in [-0.25, -0.2) is 13.5 Å². The Kier molecular flexibility index (Phi) is 5.75. The summed E-state index contributed by atoms with van der Waals surface area (Å²) in [6.07, 6.45) is 5.88. The van der Waals surface area contributed by atoms with Crippen LogP contribution in [0.25, 0.3) is 0 Å². The van der Waals surface area contributed by atoms with Gasteiger partial charge in [0.2, 0.25) is 0 Å². The average Bonchev–Trinajstić information content (AvgIpc) is 2.48. The molecule has 116 valence electrons. The largest absolute Gasteiger partial charge is 0.503 e. The van der Waals surface area contributed by atoms with E-state index >= 15 is 0 Å². The number of halogens is 2. The number of thiol groups is 1. The van der Waals surface area contributed by atoms with Gasteiger partial charge in [-0.2, -0.15) is 0 Å². The fourth-order valence-corrected chi connectivity index (χ4v) is 3.16. The second kappa shape index (κ2) is 7.35. The number of amides is 2. The number of nitrogens with one attached hydrogen (secondary N) is 1. The van der Waals surface area contributed by atoms with Crippen LogP contribution in [0.4, 0.5) is 14.9 Å². The molecule has 0 atom stereocenters. The lowest BCUT2D eigenvalue weighted by molar-refractivity contribution is 0.245. The van der Waals surface area contributed by atoms with E-state index in [9.17, 15) is 14.3 Å². The number of hydrogen-bond donors (Lipinski definition) is 3. The zero-order valence-electron chi connectivity index (χ0n) is 11.5. The molecule has 2 amide bonds. The molecular weight excluding hydrogens is 359 g/mol. The van der Waals surface area contributed by atoms with Crippen LogP contribution in [0.5, 0.6) is 5.75 Å². The smallest absolute Gasteiger partial charge is 0.332 e. The zero-order chi connectivity index (χ0) is 15.4. The van der Waals surface area contributed by atoms with E-state index in [-0.39, 0.29) is 5.69 Å². The minimum atomic E-state index is -0.807. The Bertz CT molecular complexity index is 524. The van der Waals surface area contributed by atoms with E-state index in [1.54, 1.807) is 0 Å². The highest BCUT2D eigenvalue weighted by Crippen LogP contribution is 2.34. The Balaban J connectivity index is 1.98. The van der Waals surface area contributed by atoms with Gasteiger partial charge in [-0.3, -0.25) is 0 Å². The van der Waals surface area contributed by atoms with Gasteiger partial charge in [0.1, 0.15) is 5.69 Å². The van der Waals surface area contributed by atoms with Crippen LogP contribution in [0.1, 0.15) is 32.1 Å². The Morgan fingerprint density at radius 1 is 1.43 bits per heavy atom. The summed E-state index contributed by atoms with van der Waals surface area (Å²) in [6, 6.07) is 2.09. The second-order valence-corrected chi connectivity index (χ2v) is 6.57. The van der Waals surface area contributed by atoms with Gasteiger partial charge in [0.15, 0.2) is 11.6 Å². The van der Waals surface area contributed by atoms with Gasteiger partial charge in [0.05, 0.1) is 0 Å². The molecule has 2 N–H and O–H groups in total. The predicted octanol–water partition coefficient (Wildman–Crippen LogP) is 4.23. The normalized spacial score (nSPS) is 15.8. The third kappa shape index (κ3) is 4.26. The topological polar surface area (TPSA) is 52.6 Å². The van der Waals surface area contributed by atoms with Crippen LogP contribution in [-0.2, 0) is 0 Å². The highest BCUT2D eigenvalue weighted by atomic mass is 79.9. The number of rotatable bonds is 3. The molecule has 1 fully saturated rings. The van der Waals surface area contributed by atoms with Crippen LogP contribution < -0.4 is 9.62 Å². The van der Waals surface area contributed by atoms with E-state index in [0.29, 0.717) is 16.9 Å². The molecule has 0 heterocycles. The van der Waals surface area contributed by atoms with Crippen molar-refractivity contribution in [3.8, 4) is 5.75 Å². The monoisotopic (exact) mass is 376 g/mol. The van der Waals surface area contributed by atoms with Crippen LogP contribution in [0.2, 0.25) is 0 Å². The first-order chi connectivity index (χ1) is 9.99. The van der Waals surface area contributed by atoms with Crippen molar-refractivity contribution in [3.05, 3.63) is 22.4 Å². The van der Waals surface area contributed by atoms with Crippen LogP contribution in [0.15, 0.2) is 16.6 Å². The van der Waals surface area contributed by atoms with Crippen molar-refractivity contribution in [3.63, 3.8) is 0 Å². The first-order valence-electron chi connectivity index (χ1n) is 6.94. The molecule has 1 aromatic carbocycles. The maximum absolute atomic E-state index is 13.5. The van der Waals surface area contributed by atoms with Gasteiger partial charge >= 0.3 is 6.03 Å². The number of phenolic OH excluding ortho intramolecular Hbond substituents is 1. The lowest BCUT2D eigenvalue weighted by Crippen LogP contribution is -2.37. The van der Waals surface area contributed by atoms with Crippen LogP contribution in [0.3, 0.4) is 0 Å². The number of anilines is 1. The molecule has 0 aliphatic heterocycles. The summed E-state index contributed by atoms with van der Waals surface area (Å²) in [6.45, 7) is 0.577. The molecule has 0 aromatic heterocycles. The molecule has 0 radical (unpaired) electrons. The van der Waals surface area contributed by atoms with Crippen molar-refractivity contribution < 1.29 is 14.3 Å². The van der Waals surface area contributed by atoms with Gasteiger partial charge in [-0.05, 0) is 30.9 Å². The van der Waals surface area contributed by atoms with E-state index in [1.165, 1.54) is 25.3 Å². The van der Waals surface area contributed by atoms with E-state index in [0.717, 1.165) is 23.2 Å². The fourth-order valence-electron chi connectivity index (χ4n) is 2.52. The summed E-state index contributed by atoms with van der Waals surface area (Å²) < 4.78 is 14.8. The Morgan fingerprint density at radius 2 is 2.10 bits per heavy atom. The van der Waals surface area contributed by atoms with Gasteiger partial charge in [-0.15, -0.1) is 0 Å². The summed E-state index contributed by atoms with van der Waals surface area (Å²) in [5.74, 6) is -0.920. The predicted molar refractivity (Wildman–Crippen MR) is 87.2 cm³/mol. The number of carbonyl (C=O) groups excluding carboxylic acids is 1. The number of hydrogen-bond acceptors (Lipinski definition) is 3. The summed E-state index contributed by atoms with van der Waals surface area (Å²) in [4.78, 5) is 12.1. The molecule has 0 spiro atoms. The van der Waals surface area contributed by atoms with E-state index in [2.05, 4.69) is 34.1 Å². The summed E-state index contributed by atoms with van der Waals surface area (Å²) >= 11 is 7.17. The maximum atomic E-state index is 13.5. The van der Waals surface area contributed by atoms with Crippen molar-refractivity contribution >= 4 is 40.5 Å². The summed E-state index contributed by atoms with van der Waals surface area (Å²) in [5.41, 5.74) is 0.00588. The van der Waals surface area contributed by atoms with Gasteiger partial charge in [-0.1, -0.05) is 48.0 Å². The molecule has 7 heteroatoms. The SMILES string of the molecule is O=C(NCC1CCCCC1)N(S)c1cc(Br)cc(F)c1O. The lowest BCUT2D eigenvalue weighted by atomic mass is 9.89. The molecule has 1 aromatic rings. The molecule has 21 heavy (non-hydrogen) atoms. The van der Waals surface area contributed by atoms with Crippen LogP contribution >= 0.6 is 28.7 Å². The van der Waals surface area contributed by atoms with E-state index < -0.39 is 17.6 Å². The van der Waals surface area contributed by atoms with Gasteiger partial charge in [0.25, 0.3) is 0 Å². The molecule has 4 nitrogen and oxygen atoms in total. The van der Waals surface area contributed by atoms with Crippen LogP contribution in [-0.4, -0.2) is 17.7 Å². The Labute approximate surface area is 137 Å². The van der Waals surface area contributed by atoms with Crippen molar-refractivity contribution in [2.45, 2.75) is 32.1 Å². The third-order valence-corrected chi connectivity index (χ3v) is 4.55. The Morgan fingerprint density at radius 3 is 2.76 bits per heavy atom. The standard InChI is InChI=1S/C14H18BrFN2O2S/c15-10-6-11(16)13(19)12(7-10)18(21)14(20)17-8-9-4-2-1-3-5-9/h6-7,9,19,21H,1-5,8H2,(H,17,20). The molecule has 0 bridgehead atoms. The van der Waals surface area contributed by atoms with Crippen molar-refractivity contribution in [2.24, 2.45) is 5.92 Å². The zero-order valence-corrected chi connectivity index (χ0v) is 14.0. The number of aromatic hydroxyl groups is 1. The summed E-state index contributed by atoms with van der Waals surface area (Å²) in [7, 11) is 0. The molecule has 1 saturated carbocycles. The van der Waals surface area contributed by atoms with Crippen molar-refractivity contribution in [2.75, 3.05) is 10.8 Å². The van der Waals surface area contributed by atoms with Gasteiger partial charge < -0.3 is 10.4 Å². The second-order valence-electron chi connectivity index (χ2n) is 5.26. The first kappa shape index (κ1) is 16.4. The van der Waals surface area contributed by atoms with E-state index in [1.807, 2.05) is 0 Å². The van der Waals surface area contributed by atoms with Crippen LogP contribution in [0, 0.1) is 11.7 Å². The van der Waals surface area contributed by atoms with E-state index in [4.69, 9.17) is 0 Å². The first-order valence-corrected chi connectivity index (χ1v) is 8.13. The molecule has 0 saturated heterocycles. The minimum absolute atomic E-state index is 0.00588. The molecule has 2 rings (SSSR count). The van der Waals surface area contributed by atoms with Crippen molar-refractivity contribution in [1.82, 2.24) is 5.32 Å². The van der Waals surface area contributed by atoms with Gasteiger partial charge in [0, 0.05) is 11.0 Å². The number of carbonyl (C=O) groups is 1. The number of benzene rings is 1. The summed E-state index contributed by atoms with van der Waals surface area (Å²) in [5, 5.41) is 12.5. The maximum Gasteiger partial charge on any atom is 0.332 e. The lowest BCUT2D eigenvalue weighted by Gasteiger charge is -2.24. The fraction of sp³-hybridized carbons (Fsp3) is 0.500. The molecule has 1 aliphatic rings. The average molecular weight is 377 g/mol. The highest BCUT2D eigenvalue weighted by molar-refractivity contribution is 9.10. The number of urea groups is 1. The third-order valence-electron chi connectivity index (χ3n) is 3.70. The highest BCUT2D eigenvalue weighted by Gasteiger charge is 2.20. The van der Waals surface area contributed by atoms with Crippen molar-refractivity contribution in [1.29, 1.82) is 0 Å². The minimum Gasteiger partial charge on any atom is -0.503 e. The molecule has 0 unspecified atom stereocenters. The molecule has 1 aliphatic carbocycles. The number of nitrogens with zero attached hydrogens (tertiary/aromatic N) is 1. The number of phenols is 1. The Hall–Kier alpha value is -0.950. The quantitative estimate of drug-likeness (QED) is 0.691. The molecular formula is C14H18BrFN2O2S.